The second kappa shape index (κ2) is 8.49. The minimum atomic E-state index is -0.224. The fourth-order valence-electron chi connectivity index (χ4n) is 3.46. The Morgan fingerprint density at radius 1 is 1.29 bits per heavy atom. The molecule has 2 atom stereocenters. The Morgan fingerprint density at radius 3 is 2.79 bits per heavy atom. The average molecular weight is 332 g/mol. The molecule has 5 nitrogen and oxygen atoms in total. The van der Waals surface area contributed by atoms with Gasteiger partial charge < -0.3 is 20.1 Å². The van der Waals surface area contributed by atoms with Gasteiger partial charge in [0, 0.05) is 31.8 Å². The Bertz CT molecular complexity index is 519. The van der Waals surface area contributed by atoms with E-state index in [-0.39, 0.29) is 12.7 Å². The molecule has 0 radical (unpaired) electrons. The maximum atomic E-state index is 12.4. The van der Waals surface area contributed by atoms with E-state index in [4.69, 9.17) is 4.74 Å². The topological polar surface area (TPSA) is 61.8 Å². The third-order valence-electron chi connectivity index (χ3n) is 4.96. The van der Waals surface area contributed by atoms with Crippen LogP contribution in [0.3, 0.4) is 0 Å². The van der Waals surface area contributed by atoms with Crippen molar-refractivity contribution in [2.45, 2.75) is 50.8 Å². The lowest BCUT2D eigenvalue weighted by Gasteiger charge is -2.36. The molecule has 0 bridgehead atoms. The molecule has 1 aliphatic carbocycles. The van der Waals surface area contributed by atoms with Gasteiger partial charge in [-0.05, 0) is 43.6 Å². The highest BCUT2D eigenvalue weighted by atomic mass is 16.6. The van der Waals surface area contributed by atoms with Crippen LogP contribution in [0, 0.1) is 5.92 Å². The van der Waals surface area contributed by atoms with E-state index >= 15 is 0 Å². The van der Waals surface area contributed by atoms with Gasteiger partial charge in [-0.25, -0.2) is 4.79 Å². The summed E-state index contributed by atoms with van der Waals surface area (Å²) in [5.74, 6) is 0.399. The van der Waals surface area contributed by atoms with Crippen molar-refractivity contribution in [3.05, 3.63) is 35.9 Å². The maximum absolute atomic E-state index is 12.4. The van der Waals surface area contributed by atoms with Crippen LogP contribution in [0.4, 0.5) is 4.79 Å². The predicted octanol–water partition coefficient (Wildman–Crippen LogP) is 2.54. The quantitative estimate of drug-likeness (QED) is 0.805. The van der Waals surface area contributed by atoms with Gasteiger partial charge >= 0.3 is 6.09 Å². The molecule has 1 aliphatic heterocycles. The maximum Gasteiger partial charge on any atom is 0.410 e. The molecule has 0 aromatic heterocycles. The predicted molar refractivity (Wildman–Crippen MR) is 92.6 cm³/mol. The number of benzene rings is 1. The molecule has 24 heavy (non-hydrogen) atoms. The van der Waals surface area contributed by atoms with Crippen molar-refractivity contribution in [2.75, 3.05) is 19.7 Å². The Hall–Kier alpha value is -1.59. The first-order valence-electron chi connectivity index (χ1n) is 9.09. The van der Waals surface area contributed by atoms with Crippen LogP contribution < -0.4 is 5.32 Å². The normalized spacial score (nSPS) is 22.2. The zero-order chi connectivity index (χ0) is 16.8. The molecular formula is C19H28N2O3. The van der Waals surface area contributed by atoms with Gasteiger partial charge in [-0.1, -0.05) is 30.3 Å². The molecule has 1 saturated carbocycles. The SMILES string of the molecule is O=C(OCc1ccccc1)N1CCC[C@H]([C@@H](CCO)NC2CC2)C1. The number of piperidine rings is 1. The van der Waals surface area contributed by atoms with Crippen LogP contribution in [0.5, 0.6) is 0 Å². The fourth-order valence-corrected chi connectivity index (χ4v) is 3.46. The molecule has 1 heterocycles. The first-order valence-corrected chi connectivity index (χ1v) is 9.09. The van der Waals surface area contributed by atoms with E-state index in [1.165, 1.54) is 12.8 Å². The van der Waals surface area contributed by atoms with Crippen LogP contribution >= 0.6 is 0 Å². The lowest BCUT2D eigenvalue weighted by molar-refractivity contribution is 0.0711. The number of hydrogen-bond acceptors (Lipinski definition) is 4. The van der Waals surface area contributed by atoms with Crippen molar-refractivity contribution in [3.8, 4) is 0 Å². The standard InChI is InChI=1S/C19H28N2O3/c22-12-10-18(20-17-8-9-17)16-7-4-11-21(13-16)19(23)24-14-15-5-2-1-3-6-15/h1-3,5-6,16-18,20,22H,4,7-14H2/t16-,18+/m0/s1. The van der Waals surface area contributed by atoms with E-state index in [9.17, 15) is 9.90 Å². The van der Waals surface area contributed by atoms with Crippen molar-refractivity contribution in [2.24, 2.45) is 5.92 Å². The van der Waals surface area contributed by atoms with Crippen LogP contribution in [0.15, 0.2) is 30.3 Å². The monoisotopic (exact) mass is 332 g/mol. The summed E-state index contributed by atoms with van der Waals surface area (Å²) in [4.78, 5) is 14.2. The average Bonchev–Trinajstić information content (AvgIpc) is 3.44. The summed E-state index contributed by atoms with van der Waals surface area (Å²) in [6, 6.07) is 10.7. The highest BCUT2D eigenvalue weighted by Gasteiger charge is 2.33. The van der Waals surface area contributed by atoms with Gasteiger partial charge in [-0.2, -0.15) is 0 Å². The number of amides is 1. The number of ether oxygens (including phenoxy) is 1. The number of carbonyl (C=O) groups excluding carboxylic acids is 1. The molecule has 1 saturated heterocycles. The van der Waals surface area contributed by atoms with E-state index in [2.05, 4.69) is 5.32 Å². The molecule has 1 aromatic rings. The van der Waals surface area contributed by atoms with Crippen LogP contribution in [0.1, 0.15) is 37.7 Å². The van der Waals surface area contributed by atoms with Crippen molar-refractivity contribution >= 4 is 6.09 Å². The van der Waals surface area contributed by atoms with Crippen LogP contribution in [0.25, 0.3) is 0 Å². The molecule has 1 aromatic carbocycles. The number of nitrogens with one attached hydrogen (secondary N) is 1. The molecule has 2 fully saturated rings. The zero-order valence-electron chi connectivity index (χ0n) is 14.2. The second-order valence-electron chi connectivity index (χ2n) is 6.95. The molecule has 2 aliphatic rings. The smallest absolute Gasteiger partial charge is 0.410 e. The Morgan fingerprint density at radius 2 is 2.08 bits per heavy atom. The molecule has 0 spiro atoms. The third kappa shape index (κ3) is 4.95. The minimum absolute atomic E-state index is 0.194. The summed E-state index contributed by atoms with van der Waals surface area (Å²) < 4.78 is 5.47. The number of carbonyl (C=O) groups is 1. The Labute approximate surface area is 144 Å². The van der Waals surface area contributed by atoms with Crippen molar-refractivity contribution < 1.29 is 14.6 Å². The number of rotatable bonds is 7. The zero-order valence-corrected chi connectivity index (χ0v) is 14.2. The molecule has 1 amide bonds. The number of aliphatic hydroxyl groups excluding tert-OH is 1. The minimum Gasteiger partial charge on any atom is -0.445 e. The van der Waals surface area contributed by atoms with E-state index in [1.54, 1.807) is 0 Å². The second-order valence-corrected chi connectivity index (χ2v) is 6.95. The van der Waals surface area contributed by atoms with Crippen LogP contribution in [-0.4, -0.2) is 47.9 Å². The highest BCUT2D eigenvalue weighted by molar-refractivity contribution is 5.67. The number of nitrogens with zero attached hydrogens (tertiary/aromatic N) is 1. The van der Waals surface area contributed by atoms with Crippen LogP contribution in [-0.2, 0) is 11.3 Å². The van der Waals surface area contributed by atoms with Gasteiger partial charge in [0.05, 0.1) is 0 Å². The molecule has 0 unspecified atom stereocenters. The molecular weight excluding hydrogens is 304 g/mol. The third-order valence-corrected chi connectivity index (χ3v) is 4.96. The van der Waals surface area contributed by atoms with E-state index in [0.29, 0.717) is 24.6 Å². The largest absolute Gasteiger partial charge is 0.445 e. The van der Waals surface area contributed by atoms with Crippen molar-refractivity contribution in [1.29, 1.82) is 0 Å². The molecule has 132 valence electrons. The summed E-state index contributed by atoms with van der Waals surface area (Å²) in [6.07, 6.45) is 5.10. The van der Waals surface area contributed by atoms with E-state index < -0.39 is 0 Å². The summed E-state index contributed by atoms with van der Waals surface area (Å²) >= 11 is 0. The molecule has 3 rings (SSSR count). The van der Waals surface area contributed by atoms with Gasteiger partial charge in [0.15, 0.2) is 0 Å². The van der Waals surface area contributed by atoms with Gasteiger partial charge in [-0.3, -0.25) is 0 Å². The van der Waals surface area contributed by atoms with Crippen LogP contribution in [0.2, 0.25) is 0 Å². The Kier molecular flexibility index (Phi) is 6.10. The summed E-state index contributed by atoms with van der Waals surface area (Å²) in [7, 11) is 0. The summed E-state index contributed by atoms with van der Waals surface area (Å²) in [5.41, 5.74) is 1.01. The van der Waals surface area contributed by atoms with Gasteiger partial charge in [0.25, 0.3) is 0 Å². The Balaban J connectivity index is 1.50. The van der Waals surface area contributed by atoms with E-state index in [1.807, 2.05) is 35.2 Å². The lowest BCUT2D eigenvalue weighted by Crippen LogP contribution is -2.48. The lowest BCUT2D eigenvalue weighted by atomic mass is 9.89. The number of aliphatic hydroxyl groups is 1. The summed E-state index contributed by atoms with van der Waals surface area (Å²) in [6.45, 7) is 2.00. The fraction of sp³-hybridized carbons (Fsp3) is 0.632. The van der Waals surface area contributed by atoms with Gasteiger partial charge in [0.1, 0.15) is 6.61 Å². The molecule has 2 N–H and O–H groups in total. The van der Waals surface area contributed by atoms with Gasteiger partial charge in [0.2, 0.25) is 0 Å². The first-order chi connectivity index (χ1) is 11.8. The van der Waals surface area contributed by atoms with Crippen molar-refractivity contribution in [3.63, 3.8) is 0 Å². The first kappa shape index (κ1) is 17.2. The number of hydrogen-bond donors (Lipinski definition) is 2. The van der Waals surface area contributed by atoms with E-state index in [0.717, 1.165) is 37.9 Å². The van der Waals surface area contributed by atoms with Crippen molar-refractivity contribution in [1.82, 2.24) is 10.2 Å². The number of likely N-dealkylation sites (tertiary alicyclic amines) is 1. The molecule has 5 heteroatoms. The summed E-state index contributed by atoms with van der Waals surface area (Å²) in [5, 5.41) is 13.0. The highest BCUT2D eigenvalue weighted by Crippen LogP contribution is 2.26. The van der Waals surface area contributed by atoms with Gasteiger partial charge in [-0.15, -0.1) is 0 Å².